The first kappa shape index (κ1) is 11.8. The minimum atomic E-state index is -0.0380. The van der Waals surface area contributed by atoms with Gasteiger partial charge in [-0.3, -0.25) is 10.1 Å². The average molecular weight is 222 g/mol. The van der Waals surface area contributed by atoms with Gasteiger partial charge in [0.05, 0.1) is 19.1 Å². The van der Waals surface area contributed by atoms with Crippen LogP contribution in [0, 0.1) is 12.3 Å². The average Bonchev–Trinajstić information content (AvgIpc) is 2.70. The second kappa shape index (κ2) is 6.23. The SMILES string of the molecule is C#CCNCC(=O)NC(C)c1ccsc1. The van der Waals surface area contributed by atoms with Gasteiger partial charge in [0, 0.05) is 0 Å². The maximum absolute atomic E-state index is 11.4. The molecule has 15 heavy (non-hydrogen) atoms. The molecule has 0 aromatic carbocycles. The van der Waals surface area contributed by atoms with Gasteiger partial charge in [-0.05, 0) is 29.3 Å². The first-order chi connectivity index (χ1) is 7.24. The molecule has 0 fully saturated rings. The smallest absolute Gasteiger partial charge is 0.234 e. The van der Waals surface area contributed by atoms with Gasteiger partial charge in [-0.25, -0.2) is 0 Å². The lowest BCUT2D eigenvalue weighted by Crippen LogP contribution is -2.35. The van der Waals surface area contributed by atoms with E-state index in [4.69, 9.17) is 6.42 Å². The van der Waals surface area contributed by atoms with Crippen LogP contribution in [0.2, 0.25) is 0 Å². The second-order valence-electron chi connectivity index (χ2n) is 3.15. The Kier molecular flexibility index (Phi) is 4.88. The van der Waals surface area contributed by atoms with Crippen LogP contribution in [0.4, 0.5) is 0 Å². The van der Waals surface area contributed by atoms with Crippen molar-refractivity contribution >= 4 is 17.2 Å². The second-order valence-corrected chi connectivity index (χ2v) is 3.93. The lowest BCUT2D eigenvalue weighted by atomic mass is 10.2. The van der Waals surface area contributed by atoms with E-state index in [1.165, 1.54) is 0 Å². The molecule has 1 heterocycles. The van der Waals surface area contributed by atoms with Crippen molar-refractivity contribution in [2.24, 2.45) is 0 Å². The molecule has 4 heteroatoms. The standard InChI is InChI=1S/C11H14N2OS/c1-3-5-12-7-11(14)13-9(2)10-4-6-15-8-10/h1,4,6,8-9,12H,5,7H2,2H3,(H,13,14). The van der Waals surface area contributed by atoms with Crippen LogP contribution in [0.25, 0.3) is 0 Å². The molecule has 0 aliphatic carbocycles. The summed E-state index contributed by atoms with van der Waals surface area (Å²) in [5.74, 6) is 2.38. The number of terminal acetylenes is 1. The third kappa shape index (κ3) is 4.15. The highest BCUT2D eigenvalue weighted by molar-refractivity contribution is 7.07. The monoisotopic (exact) mass is 222 g/mol. The summed E-state index contributed by atoms with van der Waals surface area (Å²) in [6, 6.07) is 2.06. The van der Waals surface area contributed by atoms with Crippen molar-refractivity contribution in [3.63, 3.8) is 0 Å². The van der Waals surface area contributed by atoms with Crippen molar-refractivity contribution in [3.05, 3.63) is 22.4 Å². The highest BCUT2D eigenvalue weighted by Crippen LogP contribution is 2.14. The Balaban J connectivity index is 2.29. The van der Waals surface area contributed by atoms with E-state index in [0.29, 0.717) is 6.54 Å². The molecule has 1 atom stereocenters. The number of rotatable bonds is 5. The normalized spacial score (nSPS) is 11.7. The Morgan fingerprint density at radius 3 is 3.13 bits per heavy atom. The molecule has 0 bridgehead atoms. The number of amides is 1. The zero-order chi connectivity index (χ0) is 11.1. The van der Waals surface area contributed by atoms with E-state index in [9.17, 15) is 4.79 Å². The van der Waals surface area contributed by atoms with Crippen LogP contribution in [0.3, 0.4) is 0 Å². The summed E-state index contributed by atoms with van der Waals surface area (Å²) >= 11 is 1.62. The van der Waals surface area contributed by atoms with Gasteiger partial charge in [-0.1, -0.05) is 5.92 Å². The van der Waals surface area contributed by atoms with E-state index in [1.54, 1.807) is 11.3 Å². The molecule has 0 aliphatic heterocycles. The summed E-state index contributed by atoms with van der Waals surface area (Å²) in [6.07, 6.45) is 5.05. The number of hydrogen-bond donors (Lipinski definition) is 2. The molecule has 1 unspecified atom stereocenters. The zero-order valence-electron chi connectivity index (χ0n) is 8.62. The van der Waals surface area contributed by atoms with E-state index < -0.39 is 0 Å². The molecule has 1 amide bonds. The Bertz CT molecular complexity index is 340. The fourth-order valence-electron chi connectivity index (χ4n) is 1.15. The predicted molar refractivity (Wildman–Crippen MR) is 62.6 cm³/mol. The van der Waals surface area contributed by atoms with E-state index in [-0.39, 0.29) is 18.5 Å². The first-order valence-electron chi connectivity index (χ1n) is 4.69. The van der Waals surface area contributed by atoms with Gasteiger partial charge < -0.3 is 5.32 Å². The summed E-state index contributed by atoms with van der Waals surface area (Å²) in [7, 11) is 0. The third-order valence-corrected chi connectivity index (χ3v) is 2.63. The molecule has 0 saturated carbocycles. The van der Waals surface area contributed by atoms with Gasteiger partial charge >= 0.3 is 0 Å². The molecule has 1 aromatic heterocycles. The summed E-state index contributed by atoms with van der Waals surface area (Å²) in [4.78, 5) is 11.4. The van der Waals surface area contributed by atoms with Crippen molar-refractivity contribution in [3.8, 4) is 12.3 Å². The maximum Gasteiger partial charge on any atom is 0.234 e. The lowest BCUT2D eigenvalue weighted by molar-refractivity contribution is -0.120. The van der Waals surface area contributed by atoms with Gasteiger partial charge in [-0.15, -0.1) is 6.42 Å². The maximum atomic E-state index is 11.4. The van der Waals surface area contributed by atoms with Crippen molar-refractivity contribution in [1.29, 1.82) is 0 Å². The Labute approximate surface area is 93.9 Å². The van der Waals surface area contributed by atoms with Crippen LogP contribution >= 0.6 is 11.3 Å². The summed E-state index contributed by atoms with van der Waals surface area (Å²) in [5, 5.41) is 9.74. The van der Waals surface area contributed by atoms with Crippen molar-refractivity contribution in [2.45, 2.75) is 13.0 Å². The molecule has 80 valence electrons. The molecular formula is C11H14N2OS. The fourth-order valence-corrected chi connectivity index (χ4v) is 1.90. The topological polar surface area (TPSA) is 41.1 Å². The lowest BCUT2D eigenvalue weighted by Gasteiger charge is -2.12. The largest absolute Gasteiger partial charge is 0.348 e. The number of hydrogen-bond acceptors (Lipinski definition) is 3. The van der Waals surface area contributed by atoms with E-state index in [0.717, 1.165) is 5.56 Å². The van der Waals surface area contributed by atoms with Crippen LogP contribution in [-0.4, -0.2) is 19.0 Å². The molecule has 1 aromatic rings. The van der Waals surface area contributed by atoms with Gasteiger partial charge in [0.1, 0.15) is 0 Å². The van der Waals surface area contributed by atoms with Crippen LogP contribution in [-0.2, 0) is 4.79 Å². The number of carbonyl (C=O) groups excluding carboxylic acids is 1. The zero-order valence-corrected chi connectivity index (χ0v) is 9.43. The Morgan fingerprint density at radius 2 is 2.53 bits per heavy atom. The van der Waals surface area contributed by atoms with Crippen LogP contribution in [0.1, 0.15) is 18.5 Å². The molecule has 0 aliphatic rings. The third-order valence-electron chi connectivity index (χ3n) is 1.93. The quantitative estimate of drug-likeness (QED) is 0.579. The van der Waals surface area contributed by atoms with Gasteiger partial charge in [0.15, 0.2) is 0 Å². The van der Waals surface area contributed by atoms with Crippen molar-refractivity contribution in [2.75, 3.05) is 13.1 Å². The van der Waals surface area contributed by atoms with E-state index >= 15 is 0 Å². The van der Waals surface area contributed by atoms with E-state index in [2.05, 4.69) is 16.6 Å². The number of carbonyl (C=O) groups is 1. The molecule has 1 rings (SSSR count). The summed E-state index contributed by atoms with van der Waals surface area (Å²) in [5.41, 5.74) is 1.13. The van der Waals surface area contributed by atoms with E-state index in [1.807, 2.05) is 23.8 Å². The van der Waals surface area contributed by atoms with Crippen molar-refractivity contribution in [1.82, 2.24) is 10.6 Å². The van der Waals surface area contributed by atoms with Gasteiger partial charge in [0.25, 0.3) is 0 Å². The number of thiophene rings is 1. The van der Waals surface area contributed by atoms with Crippen LogP contribution < -0.4 is 10.6 Å². The Morgan fingerprint density at radius 1 is 1.73 bits per heavy atom. The first-order valence-corrected chi connectivity index (χ1v) is 5.64. The van der Waals surface area contributed by atoms with Crippen LogP contribution in [0.5, 0.6) is 0 Å². The molecule has 0 spiro atoms. The molecule has 2 N–H and O–H groups in total. The minimum absolute atomic E-state index is 0.0380. The van der Waals surface area contributed by atoms with Gasteiger partial charge in [0.2, 0.25) is 5.91 Å². The molecule has 0 radical (unpaired) electrons. The number of nitrogens with one attached hydrogen (secondary N) is 2. The molecule has 3 nitrogen and oxygen atoms in total. The summed E-state index contributed by atoms with van der Waals surface area (Å²) in [6.45, 7) is 2.64. The van der Waals surface area contributed by atoms with Crippen molar-refractivity contribution < 1.29 is 4.79 Å². The van der Waals surface area contributed by atoms with Gasteiger partial charge in [-0.2, -0.15) is 11.3 Å². The highest BCUT2D eigenvalue weighted by Gasteiger charge is 2.08. The highest BCUT2D eigenvalue weighted by atomic mass is 32.1. The molecule has 0 saturated heterocycles. The Hall–Kier alpha value is -1.31. The van der Waals surface area contributed by atoms with Crippen LogP contribution in [0.15, 0.2) is 16.8 Å². The predicted octanol–water partition coefficient (Wildman–Crippen LogP) is 1.15. The summed E-state index contributed by atoms with van der Waals surface area (Å²) < 4.78 is 0. The molecular weight excluding hydrogens is 208 g/mol. The minimum Gasteiger partial charge on any atom is -0.348 e. The fraction of sp³-hybridized carbons (Fsp3) is 0.364.